The molecule has 0 heterocycles. The van der Waals surface area contributed by atoms with Crippen molar-refractivity contribution < 1.29 is 9.53 Å². The predicted molar refractivity (Wildman–Crippen MR) is 124 cm³/mol. The lowest BCUT2D eigenvalue weighted by molar-refractivity contribution is -0.120. The summed E-state index contributed by atoms with van der Waals surface area (Å²) < 4.78 is 8.01. The molecule has 0 atom stereocenters. The molecule has 3 rings (SSSR count). The van der Waals surface area contributed by atoms with Crippen molar-refractivity contribution in [2.24, 2.45) is 5.10 Å². The number of nitrogens with one attached hydrogen (secondary N) is 1. The Morgan fingerprint density at radius 1 is 1.04 bits per heavy atom. The first-order valence-corrected chi connectivity index (χ1v) is 10.5. The molecule has 4 nitrogen and oxygen atoms in total. The van der Waals surface area contributed by atoms with E-state index < -0.39 is 0 Å². The average Bonchev–Trinajstić information content (AvgIpc) is 2.70. The normalized spacial score (nSPS) is 10.8. The Morgan fingerprint density at radius 3 is 2.50 bits per heavy atom. The first-order chi connectivity index (χ1) is 13.6. The van der Waals surface area contributed by atoms with Crippen molar-refractivity contribution in [2.75, 3.05) is 0 Å². The van der Waals surface area contributed by atoms with Crippen molar-refractivity contribution in [3.63, 3.8) is 0 Å². The molecule has 0 saturated heterocycles. The molecule has 0 aliphatic carbocycles. The number of carbonyl (C=O) groups is 1. The van der Waals surface area contributed by atoms with Gasteiger partial charge in [-0.1, -0.05) is 52.3 Å². The van der Waals surface area contributed by atoms with E-state index in [-0.39, 0.29) is 12.3 Å². The summed E-state index contributed by atoms with van der Waals surface area (Å²) >= 11 is 5.66. The van der Waals surface area contributed by atoms with Crippen LogP contribution < -0.4 is 10.2 Å². The third kappa shape index (κ3) is 6.76. The van der Waals surface area contributed by atoms with Gasteiger partial charge in [-0.2, -0.15) is 5.10 Å². The van der Waals surface area contributed by atoms with Crippen molar-refractivity contribution in [2.45, 2.75) is 13.0 Å². The number of amides is 1. The molecule has 0 unspecified atom stereocenters. The highest BCUT2D eigenvalue weighted by Crippen LogP contribution is 2.15. The number of halogens is 2. The zero-order valence-corrected chi connectivity index (χ0v) is 18.7. The molecule has 0 saturated carbocycles. The molecule has 3 aromatic rings. The molecule has 0 fully saturated rings. The maximum Gasteiger partial charge on any atom is 0.244 e. The number of hydrogen-bond donors (Lipinski definition) is 1. The fourth-order valence-corrected chi connectivity index (χ4v) is 3.06. The summed E-state index contributed by atoms with van der Waals surface area (Å²) in [6.45, 7) is 0.501. The van der Waals surface area contributed by atoms with Crippen molar-refractivity contribution in [1.29, 1.82) is 0 Å². The highest BCUT2D eigenvalue weighted by atomic mass is 127. The Kier molecular flexibility index (Phi) is 7.62. The Hall–Kier alpha value is -2.19. The highest BCUT2D eigenvalue weighted by Gasteiger charge is 2.02. The topological polar surface area (TPSA) is 50.7 Å². The van der Waals surface area contributed by atoms with Crippen LogP contribution in [0.1, 0.15) is 16.7 Å². The molecule has 1 amide bonds. The molecule has 1 N–H and O–H groups in total. The number of ether oxygens (including phenoxy) is 1. The van der Waals surface area contributed by atoms with Crippen molar-refractivity contribution in [1.82, 2.24) is 5.43 Å². The minimum Gasteiger partial charge on any atom is -0.489 e. The minimum absolute atomic E-state index is 0.162. The molecule has 0 aromatic heterocycles. The van der Waals surface area contributed by atoms with Crippen molar-refractivity contribution >= 4 is 50.6 Å². The van der Waals surface area contributed by atoms with E-state index in [0.717, 1.165) is 26.9 Å². The van der Waals surface area contributed by atoms with Crippen LogP contribution in [0.5, 0.6) is 5.75 Å². The molecule has 0 aliphatic heterocycles. The smallest absolute Gasteiger partial charge is 0.244 e. The van der Waals surface area contributed by atoms with Gasteiger partial charge >= 0.3 is 0 Å². The van der Waals surface area contributed by atoms with E-state index in [1.165, 1.54) is 3.57 Å². The summed E-state index contributed by atoms with van der Waals surface area (Å²) in [5.74, 6) is 0.591. The van der Waals surface area contributed by atoms with Crippen LogP contribution in [0.3, 0.4) is 0 Å². The van der Waals surface area contributed by atoms with E-state index in [1.807, 2.05) is 60.7 Å². The number of nitrogens with zero attached hydrogens (tertiary/aromatic N) is 1. The third-order valence-corrected chi connectivity index (χ3v) is 5.11. The lowest BCUT2D eigenvalue weighted by Crippen LogP contribution is -2.19. The zero-order valence-electron chi connectivity index (χ0n) is 14.9. The van der Waals surface area contributed by atoms with Gasteiger partial charge in [-0.15, -0.1) is 0 Å². The predicted octanol–water partition coefficient (Wildman–Crippen LogP) is 5.33. The first-order valence-electron chi connectivity index (χ1n) is 8.62. The molecule has 142 valence electrons. The summed E-state index contributed by atoms with van der Waals surface area (Å²) in [6, 6.07) is 23.4. The van der Waals surface area contributed by atoms with Crippen LogP contribution >= 0.6 is 38.5 Å². The van der Waals surface area contributed by atoms with Gasteiger partial charge in [0.05, 0.1) is 12.6 Å². The molecule has 0 radical (unpaired) electrons. The number of carbonyl (C=O) groups excluding carboxylic acids is 1. The summed E-state index contributed by atoms with van der Waals surface area (Å²) in [7, 11) is 0. The summed E-state index contributed by atoms with van der Waals surface area (Å²) in [5, 5.41) is 4.03. The quantitative estimate of drug-likeness (QED) is 0.247. The number of rotatable bonds is 7. The van der Waals surface area contributed by atoms with Crippen LogP contribution in [-0.2, 0) is 17.8 Å². The van der Waals surface area contributed by atoms with Crippen LogP contribution in [0.25, 0.3) is 0 Å². The van der Waals surface area contributed by atoms with E-state index in [0.29, 0.717) is 6.61 Å². The van der Waals surface area contributed by atoms with Crippen molar-refractivity contribution in [3.8, 4) is 5.75 Å². The highest BCUT2D eigenvalue weighted by molar-refractivity contribution is 14.1. The maximum atomic E-state index is 12.0. The maximum absolute atomic E-state index is 12.0. The van der Waals surface area contributed by atoms with Gasteiger partial charge < -0.3 is 4.74 Å². The van der Waals surface area contributed by atoms with Crippen LogP contribution in [0, 0.1) is 3.57 Å². The van der Waals surface area contributed by atoms with Crippen LogP contribution in [0.4, 0.5) is 0 Å². The Balaban J connectivity index is 1.51. The van der Waals surface area contributed by atoms with E-state index >= 15 is 0 Å². The van der Waals surface area contributed by atoms with E-state index in [4.69, 9.17) is 4.74 Å². The SMILES string of the molecule is O=C(Cc1ccc(Br)cc1)N/N=C/c1cccc(OCc2ccc(I)cc2)c1. The van der Waals surface area contributed by atoms with E-state index in [2.05, 4.69) is 61.2 Å². The van der Waals surface area contributed by atoms with Crippen LogP contribution in [0.15, 0.2) is 82.4 Å². The van der Waals surface area contributed by atoms with E-state index in [9.17, 15) is 4.79 Å². The van der Waals surface area contributed by atoms with Crippen LogP contribution in [-0.4, -0.2) is 12.1 Å². The largest absolute Gasteiger partial charge is 0.489 e. The standard InChI is InChI=1S/C22H18BrIN2O2/c23-19-8-4-16(5-9-19)13-22(27)26-25-14-18-2-1-3-21(12-18)28-15-17-6-10-20(24)11-7-17/h1-12,14H,13,15H2,(H,26,27)/b25-14+. The third-order valence-electron chi connectivity index (χ3n) is 3.86. The molecule has 28 heavy (non-hydrogen) atoms. The molecule has 6 heteroatoms. The fourth-order valence-electron chi connectivity index (χ4n) is 2.44. The number of hydrazone groups is 1. The Bertz CT molecular complexity index is 957. The molecular weight excluding hydrogens is 531 g/mol. The summed E-state index contributed by atoms with van der Waals surface area (Å²) in [5.41, 5.74) is 5.45. The van der Waals surface area contributed by atoms with Gasteiger partial charge in [0, 0.05) is 8.04 Å². The number of hydrogen-bond acceptors (Lipinski definition) is 3. The fraction of sp³-hybridized carbons (Fsp3) is 0.0909. The van der Waals surface area contributed by atoms with Gasteiger partial charge in [0.2, 0.25) is 5.91 Å². The van der Waals surface area contributed by atoms with Crippen LogP contribution in [0.2, 0.25) is 0 Å². The van der Waals surface area contributed by atoms with Gasteiger partial charge in [0.15, 0.2) is 0 Å². The van der Waals surface area contributed by atoms with Crippen molar-refractivity contribution in [3.05, 3.63) is 97.5 Å². The van der Waals surface area contributed by atoms with Gasteiger partial charge in [-0.05, 0) is 75.7 Å². The molecule has 0 bridgehead atoms. The summed E-state index contributed by atoms with van der Waals surface area (Å²) in [4.78, 5) is 12.0. The van der Waals surface area contributed by atoms with E-state index in [1.54, 1.807) is 6.21 Å². The number of benzene rings is 3. The molecule has 0 spiro atoms. The van der Waals surface area contributed by atoms with Gasteiger partial charge in [-0.3, -0.25) is 4.79 Å². The molecule has 3 aromatic carbocycles. The second-order valence-corrected chi connectivity index (χ2v) is 8.25. The molecule has 0 aliphatic rings. The second kappa shape index (κ2) is 10.4. The van der Waals surface area contributed by atoms with Gasteiger partial charge in [0.1, 0.15) is 12.4 Å². The Labute approximate surface area is 186 Å². The van der Waals surface area contributed by atoms with Gasteiger partial charge in [0.25, 0.3) is 0 Å². The zero-order chi connectivity index (χ0) is 19.8. The summed E-state index contributed by atoms with van der Waals surface area (Å²) in [6.07, 6.45) is 1.89. The first kappa shape index (κ1) is 20.5. The van der Waals surface area contributed by atoms with Gasteiger partial charge in [-0.25, -0.2) is 5.43 Å². The second-order valence-electron chi connectivity index (χ2n) is 6.08. The monoisotopic (exact) mass is 548 g/mol. The minimum atomic E-state index is -0.162. The lowest BCUT2D eigenvalue weighted by Gasteiger charge is -2.07. The molecular formula is C22H18BrIN2O2. The Morgan fingerprint density at radius 2 is 1.75 bits per heavy atom. The average molecular weight is 549 g/mol. The lowest BCUT2D eigenvalue weighted by atomic mass is 10.1.